The van der Waals surface area contributed by atoms with Gasteiger partial charge >= 0.3 is 11.9 Å². The molecule has 7 nitrogen and oxygen atoms in total. The molecule has 0 aromatic carbocycles. The molecule has 0 spiro atoms. The lowest BCUT2D eigenvalue weighted by Crippen LogP contribution is -2.42. The molecular formula is C6H8O7. The van der Waals surface area contributed by atoms with Crippen LogP contribution in [0.2, 0.25) is 0 Å². The molecule has 7 heteroatoms. The number of carbonyl (C=O) groups is 2. The van der Waals surface area contributed by atoms with Crippen LogP contribution in [0.1, 0.15) is 0 Å². The van der Waals surface area contributed by atoms with Crippen molar-refractivity contribution < 1.29 is 34.8 Å². The van der Waals surface area contributed by atoms with E-state index in [1.165, 1.54) is 0 Å². The van der Waals surface area contributed by atoms with E-state index in [1.54, 1.807) is 0 Å². The number of aliphatic carboxylic acids is 1. The highest BCUT2D eigenvalue weighted by molar-refractivity contribution is 5.80. The van der Waals surface area contributed by atoms with Crippen LogP contribution >= 0.6 is 0 Å². The molecule has 0 amide bonds. The van der Waals surface area contributed by atoms with Crippen LogP contribution in [0.3, 0.4) is 0 Å². The fourth-order valence-corrected chi connectivity index (χ4v) is 0.984. The van der Waals surface area contributed by atoms with Gasteiger partial charge in [0.2, 0.25) is 0 Å². The second kappa shape index (κ2) is 3.29. The van der Waals surface area contributed by atoms with Gasteiger partial charge in [-0.1, -0.05) is 0 Å². The van der Waals surface area contributed by atoms with Gasteiger partial charge in [0, 0.05) is 0 Å². The lowest BCUT2D eigenvalue weighted by atomic mass is 10.1. The Morgan fingerprint density at radius 3 is 2.31 bits per heavy atom. The second-order valence-electron chi connectivity index (χ2n) is 2.62. The van der Waals surface area contributed by atoms with Crippen LogP contribution < -0.4 is 0 Å². The summed E-state index contributed by atoms with van der Waals surface area (Å²) in [7, 11) is 0. The Morgan fingerprint density at radius 2 is 2.00 bits per heavy atom. The van der Waals surface area contributed by atoms with Crippen molar-refractivity contribution >= 4 is 11.9 Å². The van der Waals surface area contributed by atoms with Crippen molar-refractivity contribution in [1.82, 2.24) is 0 Å². The van der Waals surface area contributed by atoms with Crippen LogP contribution in [0.5, 0.6) is 0 Å². The van der Waals surface area contributed by atoms with Crippen molar-refractivity contribution in [2.75, 3.05) is 0 Å². The average molecular weight is 192 g/mol. The van der Waals surface area contributed by atoms with Crippen LogP contribution in [0.25, 0.3) is 0 Å². The Balaban J connectivity index is 2.73. The summed E-state index contributed by atoms with van der Waals surface area (Å²) in [5, 5.41) is 35.0. The van der Waals surface area contributed by atoms with E-state index in [9.17, 15) is 9.59 Å². The number of ether oxygens (including phenoxy) is 1. The standard InChI is InChI=1S/C6H8O7/c7-1-2(8)6(12)13-4(1)3(9)5(10)11/h1-4,7-9H,(H,10,11)/t1-,2+,3-,4+/m0/s1. The maximum atomic E-state index is 10.6. The molecule has 0 aromatic rings. The first kappa shape index (κ1) is 9.90. The predicted molar refractivity (Wildman–Crippen MR) is 35.5 cm³/mol. The normalized spacial score (nSPS) is 35.6. The molecule has 13 heavy (non-hydrogen) atoms. The molecule has 1 aliphatic heterocycles. The van der Waals surface area contributed by atoms with Crippen molar-refractivity contribution in [3.63, 3.8) is 0 Å². The van der Waals surface area contributed by atoms with Gasteiger partial charge in [-0.3, -0.25) is 0 Å². The summed E-state index contributed by atoms with van der Waals surface area (Å²) in [4.78, 5) is 20.8. The zero-order chi connectivity index (χ0) is 10.2. The topological polar surface area (TPSA) is 124 Å². The van der Waals surface area contributed by atoms with Gasteiger partial charge in [-0.15, -0.1) is 0 Å². The number of carbonyl (C=O) groups excluding carboxylic acids is 1. The van der Waals surface area contributed by atoms with E-state index in [0.29, 0.717) is 0 Å². The zero-order valence-corrected chi connectivity index (χ0v) is 6.32. The minimum absolute atomic E-state index is 1.14. The lowest BCUT2D eigenvalue weighted by molar-refractivity contribution is -0.161. The molecule has 1 aliphatic rings. The highest BCUT2D eigenvalue weighted by Crippen LogP contribution is 2.18. The fourth-order valence-electron chi connectivity index (χ4n) is 0.984. The van der Waals surface area contributed by atoms with Gasteiger partial charge < -0.3 is 25.2 Å². The number of esters is 1. The van der Waals surface area contributed by atoms with Gasteiger partial charge in [0.1, 0.15) is 6.10 Å². The molecule has 1 saturated heterocycles. The summed E-state index contributed by atoms with van der Waals surface area (Å²) < 4.78 is 4.24. The minimum atomic E-state index is -2.03. The molecule has 0 saturated carbocycles. The molecular weight excluding hydrogens is 184 g/mol. The Kier molecular flexibility index (Phi) is 2.50. The number of aliphatic hydroxyl groups is 3. The van der Waals surface area contributed by atoms with E-state index in [2.05, 4.69) is 4.74 Å². The van der Waals surface area contributed by atoms with E-state index in [0.717, 1.165) is 0 Å². The van der Waals surface area contributed by atoms with Gasteiger partial charge in [-0.25, -0.2) is 9.59 Å². The molecule has 0 radical (unpaired) electrons. The number of rotatable bonds is 2. The Hall–Kier alpha value is -1.18. The maximum absolute atomic E-state index is 10.6. The summed E-state index contributed by atoms with van der Waals surface area (Å²) in [6.07, 6.45) is -7.14. The first-order valence-electron chi connectivity index (χ1n) is 3.42. The number of carboxylic acid groups (broad SMARTS) is 1. The molecule has 74 valence electrons. The van der Waals surface area contributed by atoms with Gasteiger partial charge in [0.25, 0.3) is 0 Å². The van der Waals surface area contributed by atoms with Crippen LogP contribution in [0.4, 0.5) is 0 Å². The molecule has 1 rings (SSSR count). The first-order valence-corrected chi connectivity index (χ1v) is 3.42. The third-order valence-corrected chi connectivity index (χ3v) is 1.72. The second-order valence-corrected chi connectivity index (χ2v) is 2.62. The Labute approximate surface area is 72.2 Å². The SMILES string of the molecule is O=C(O)[C@@H](O)[C@@H]1OC(=O)[C@H](O)[C@@H]1O. The van der Waals surface area contributed by atoms with Gasteiger partial charge in [-0.2, -0.15) is 0 Å². The van der Waals surface area contributed by atoms with E-state index in [-0.39, 0.29) is 0 Å². The maximum Gasteiger partial charge on any atom is 0.338 e. The third-order valence-electron chi connectivity index (χ3n) is 1.72. The van der Waals surface area contributed by atoms with Crippen molar-refractivity contribution in [2.24, 2.45) is 0 Å². The first-order chi connectivity index (χ1) is 5.95. The van der Waals surface area contributed by atoms with Crippen LogP contribution in [-0.4, -0.2) is 56.8 Å². The number of hydrogen-bond acceptors (Lipinski definition) is 6. The van der Waals surface area contributed by atoms with E-state index < -0.39 is 36.4 Å². The summed E-state index contributed by atoms with van der Waals surface area (Å²) in [5.74, 6) is -2.77. The van der Waals surface area contributed by atoms with Crippen molar-refractivity contribution in [1.29, 1.82) is 0 Å². The molecule has 0 bridgehead atoms. The molecule has 4 atom stereocenters. The number of carboxylic acids is 1. The molecule has 1 heterocycles. The Morgan fingerprint density at radius 1 is 1.46 bits per heavy atom. The molecule has 0 aromatic heterocycles. The summed E-state index contributed by atoms with van der Waals surface area (Å²) >= 11 is 0. The zero-order valence-electron chi connectivity index (χ0n) is 6.32. The number of cyclic esters (lactones) is 1. The highest BCUT2D eigenvalue weighted by atomic mass is 16.6. The summed E-state index contributed by atoms with van der Waals surface area (Å²) in [5.41, 5.74) is 0. The van der Waals surface area contributed by atoms with E-state index in [1.807, 2.05) is 0 Å². The van der Waals surface area contributed by atoms with Gasteiger partial charge in [0.15, 0.2) is 18.3 Å². The van der Waals surface area contributed by atoms with Crippen LogP contribution in [0, 0.1) is 0 Å². The fraction of sp³-hybridized carbons (Fsp3) is 0.667. The lowest BCUT2D eigenvalue weighted by Gasteiger charge is -2.15. The van der Waals surface area contributed by atoms with Crippen LogP contribution in [0.15, 0.2) is 0 Å². The van der Waals surface area contributed by atoms with Crippen molar-refractivity contribution in [3.05, 3.63) is 0 Å². The Bertz CT molecular complexity index is 237. The smallest absolute Gasteiger partial charge is 0.338 e. The number of aliphatic hydroxyl groups excluding tert-OH is 3. The van der Waals surface area contributed by atoms with Gasteiger partial charge in [0.05, 0.1) is 0 Å². The minimum Gasteiger partial charge on any atom is -0.479 e. The number of hydrogen-bond donors (Lipinski definition) is 4. The highest BCUT2D eigenvalue weighted by Gasteiger charge is 2.48. The molecule has 1 fully saturated rings. The molecule has 0 aliphatic carbocycles. The molecule has 4 N–H and O–H groups in total. The quantitative estimate of drug-likeness (QED) is 0.345. The van der Waals surface area contributed by atoms with E-state index in [4.69, 9.17) is 20.4 Å². The average Bonchev–Trinajstić information content (AvgIpc) is 2.31. The summed E-state index contributed by atoms with van der Waals surface area (Å²) in [6.45, 7) is 0. The van der Waals surface area contributed by atoms with Gasteiger partial charge in [-0.05, 0) is 0 Å². The summed E-state index contributed by atoms with van der Waals surface area (Å²) in [6, 6.07) is 0. The van der Waals surface area contributed by atoms with Crippen LogP contribution in [-0.2, 0) is 14.3 Å². The van der Waals surface area contributed by atoms with Crippen molar-refractivity contribution in [2.45, 2.75) is 24.4 Å². The predicted octanol–water partition coefficient (Wildman–Crippen LogP) is -2.92. The van der Waals surface area contributed by atoms with Crippen molar-refractivity contribution in [3.8, 4) is 0 Å². The van der Waals surface area contributed by atoms with E-state index >= 15 is 0 Å². The monoisotopic (exact) mass is 192 g/mol. The third kappa shape index (κ3) is 1.62. The molecule has 0 unspecified atom stereocenters. The largest absolute Gasteiger partial charge is 0.479 e.